The monoisotopic (exact) mass is 374 g/mol. The zero-order valence-electron chi connectivity index (χ0n) is 15.4. The maximum Gasteiger partial charge on any atom is 0.250 e. The van der Waals surface area contributed by atoms with Gasteiger partial charge in [0.05, 0.1) is 5.56 Å². The number of carbonyl (C=O) groups is 1. The molecule has 142 valence electrons. The molecule has 0 bridgehead atoms. The van der Waals surface area contributed by atoms with Gasteiger partial charge >= 0.3 is 0 Å². The first-order valence-corrected chi connectivity index (χ1v) is 9.24. The predicted octanol–water partition coefficient (Wildman–Crippen LogP) is 3.18. The lowest BCUT2D eigenvalue weighted by molar-refractivity contribution is 0.1000. The number of amides is 1. The quantitative estimate of drug-likeness (QED) is 0.715. The van der Waals surface area contributed by atoms with Gasteiger partial charge < -0.3 is 21.1 Å². The molecule has 6 nitrogen and oxygen atoms in total. The lowest BCUT2D eigenvalue weighted by Crippen LogP contribution is -2.27. The van der Waals surface area contributed by atoms with Gasteiger partial charge in [0.25, 0.3) is 0 Å². The highest BCUT2D eigenvalue weighted by atomic mass is 16.5. The summed E-state index contributed by atoms with van der Waals surface area (Å²) in [6, 6.07) is 19.3. The van der Waals surface area contributed by atoms with Crippen LogP contribution in [0.4, 0.5) is 5.82 Å². The van der Waals surface area contributed by atoms with Gasteiger partial charge in [0.2, 0.25) is 5.91 Å². The summed E-state index contributed by atoms with van der Waals surface area (Å²) in [5, 5.41) is 0. The molecule has 0 radical (unpaired) electrons. The second kappa shape index (κ2) is 7.70. The largest absolute Gasteiger partial charge is 0.457 e. The molecule has 28 heavy (non-hydrogen) atoms. The highest BCUT2D eigenvalue weighted by molar-refractivity contribution is 5.95. The summed E-state index contributed by atoms with van der Waals surface area (Å²) in [5.74, 6) is 1.83. The minimum atomic E-state index is -0.498. The number of hydrogen-bond acceptors (Lipinski definition) is 5. The third-order valence-corrected chi connectivity index (χ3v) is 4.82. The molecular formula is C22H22N4O2. The first-order valence-electron chi connectivity index (χ1n) is 9.24. The molecule has 6 heteroatoms. The number of para-hydroxylation sites is 1. The summed E-state index contributed by atoms with van der Waals surface area (Å²) >= 11 is 0. The van der Waals surface area contributed by atoms with E-state index in [-0.39, 0.29) is 6.04 Å². The Hall–Kier alpha value is -3.38. The zero-order valence-corrected chi connectivity index (χ0v) is 15.4. The van der Waals surface area contributed by atoms with E-state index in [0.29, 0.717) is 5.56 Å². The van der Waals surface area contributed by atoms with Crippen molar-refractivity contribution in [3.8, 4) is 22.6 Å². The highest BCUT2D eigenvalue weighted by Crippen LogP contribution is 2.33. The van der Waals surface area contributed by atoms with Gasteiger partial charge in [0.1, 0.15) is 17.3 Å². The van der Waals surface area contributed by atoms with Crippen LogP contribution < -0.4 is 21.1 Å². The molecule has 1 amide bonds. The maximum atomic E-state index is 11.7. The normalized spacial score (nSPS) is 16.2. The van der Waals surface area contributed by atoms with E-state index in [1.165, 1.54) is 6.20 Å². The highest BCUT2D eigenvalue weighted by Gasteiger charge is 2.23. The van der Waals surface area contributed by atoms with Crippen LogP contribution in [-0.2, 0) is 0 Å². The van der Waals surface area contributed by atoms with Gasteiger partial charge in [-0.25, -0.2) is 4.98 Å². The average molecular weight is 374 g/mol. The summed E-state index contributed by atoms with van der Waals surface area (Å²) in [6.07, 6.45) is 2.44. The molecule has 0 saturated carbocycles. The molecule has 1 saturated heterocycles. The van der Waals surface area contributed by atoms with Crippen molar-refractivity contribution in [3.63, 3.8) is 0 Å². The second-order valence-corrected chi connectivity index (χ2v) is 6.89. The number of pyridine rings is 1. The van der Waals surface area contributed by atoms with Crippen molar-refractivity contribution in [1.29, 1.82) is 0 Å². The lowest BCUT2D eigenvalue weighted by Gasteiger charge is -2.21. The maximum absolute atomic E-state index is 11.7. The number of nitrogens with two attached hydrogens (primary N) is 2. The van der Waals surface area contributed by atoms with Crippen molar-refractivity contribution < 1.29 is 9.53 Å². The number of ether oxygens (including phenoxy) is 1. The first kappa shape index (κ1) is 18.0. The van der Waals surface area contributed by atoms with Gasteiger partial charge in [-0.05, 0) is 42.3 Å². The molecule has 3 aromatic rings. The molecule has 1 fully saturated rings. The van der Waals surface area contributed by atoms with Crippen molar-refractivity contribution in [3.05, 3.63) is 72.4 Å². The SMILES string of the molecule is NC(=O)c1cnc(N2CCC(N)C2)c(-c2ccc(Oc3ccccc3)cc2)c1. The molecule has 4 N–H and O–H groups in total. The Morgan fingerprint density at radius 3 is 2.43 bits per heavy atom. The average Bonchev–Trinajstić information content (AvgIpc) is 3.15. The van der Waals surface area contributed by atoms with Crippen LogP contribution in [-0.4, -0.2) is 30.0 Å². The van der Waals surface area contributed by atoms with Gasteiger partial charge in [0, 0.05) is 30.9 Å². The third kappa shape index (κ3) is 3.82. The Balaban J connectivity index is 1.66. The van der Waals surface area contributed by atoms with Gasteiger partial charge in [-0.3, -0.25) is 4.79 Å². The molecule has 1 aliphatic rings. The second-order valence-electron chi connectivity index (χ2n) is 6.89. The number of primary amides is 1. The summed E-state index contributed by atoms with van der Waals surface area (Å²) < 4.78 is 5.86. The Morgan fingerprint density at radius 1 is 1.07 bits per heavy atom. The van der Waals surface area contributed by atoms with Crippen molar-refractivity contribution in [1.82, 2.24) is 4.98 Å². The van der Waals surface area contributed by atoms with Crippen LogP contribution >= 0.6 is 0 Å². The van der Waals surface area contributed by atoms with Crippen molar-refractivity contribution >= 4 is 11.7 Å². The Morgan fingerprint density at radius 2 is 1.79 bits per heavy atom. The van der Waals surface area contributed by atoms with E-state index in [2.05, 4.69) is 9.88 Å². The van der Waals surface area contributed by atoms with E-state index in [1.54, 1.807) is 6.07 Å². The Kier molecular flexibility index (Phi) is 4.95. The van der Waals surface area contributed by atoms with E-state index < -0.39 is 5.91 Å². The number of nitrogens with zero attached hydrogens (tertiary/aromatic N) is 2. The first-order chi connectivity index (χ1) is 13.6. The van der Waals surface area contributed by atoms with Gasteiger partial charge in [-0.1, -0.05) is 30.3 Å². The number of rotatable bonds is 5. The van der Waals surface area contributed by atoms with Crippen LogP contribution in [0.15, 0.2) is 66.9 Å². The molecule has 0 spiro atoms. The fraction of sp³-hybridized carbons (Fsp3) is 0.182. The molecule has 1 atom stereocenters. The minimum absolute atomic E-state index is 0.132. The fourth-order valence-corrected chi connectivity index (χ4v) is 3.36. The van der Waals surface area contributed by atoms with E-state index in [0.717, 1.165) is 48.0 Å². The molecule has 1 aromatic heterocycles. The molecule has 0 aliphatic carbocycles. The van der Waals surface area contributed by atoms with E-state index in [4.69, 9.17) is 16.2 Å². The third-order valence-electron chi connectivity index (χ3n) is 4.82. The molecule has 1 aliphatic heterocycles. The van der Waals surface area contributed by atoms with Gasteiger partial charge in [0.15, 0.2) is 0 Å². The minimum Gasteiger partial charge on any atom is -0.457 e. The van der Waals surface area contributed by atoms with Crippen molar-refractivity contribution in [2.24, 2.45) is 11.5 Å². The summed E-state index contributed by atoms with van der Waals surface area (Å²) in [4.78, 5) is 18.3. The Bertz CT molecular complexity index is 974. The Labute approximate surface area is 163 Å². The zero-order chi connectivity index (χ0) is 19.5. The number of benzene rings is 2. The molecule has 2 aromatic carbocycles. The summed E-state index contributed by atoms with van der Waals surface area (Å²) in [5.41, 5.74) is 13.7. The van der Waals surface area contributed by atoms with E-state index in [9.17, 15) is 4.79 Å². The smallest absolute Gasteiger partial charge is 0.250 e. The van der Waals surface area contributed by atoms with Crippen molar-refractivity contribution in [2.75, 3.05) is 18.0 Å². The number of anilines is 1. The number of aromatic nitrogens is 1. The van der Waals surface area contributed by atoms with Crippen LogP contribution in [0.25, 0.3) is 11.1 Å². The number of carbonyl (C=O) groups excluding carboxylic acids is 1. The molecule has 2 heterocycles. The van der Waals surface area contributed by atoms with Crippen LogP contribution in [0.1, 0.15) is 16.8 Å². The summed E-state index contributed by atoms with van der Waals surface area (Å²) in [7, 11) is 0. The van der Waals surface area contributed by atoms with Gasteiger partial charge in [-0.2, -0.15) is 0 Å². The number of hydrogen-bond donors (Lipinski definition) is 2. The fourth-order valence-electron chi connectivity index (χ4n) is 3.36. The molecule has 4 rings (SSSR count). The van der Waals surface area contributed by atoms with Gasteiger partial charge in [-0.15, -0.1) is 0 Å². The van der Waals surface area contributed by atoms with E-state index in [1.807, 2.05) is 54.6 Å². The van der Waals surface area contributed by atoms with Crippen LogP contribution in [0.5, 0.6) is 11.5 Å². The standard InChI is InChI=1S/C22H22N4O2/c23-17-10-11-26(14-17)22-20(12-16(13-25-22)21(24)27)15-6-8-19(9-7-15)28-18-4-2-1-3-5-18/h1-9,12-13,17H,10-11,14,23H2,(H2,24,27). The molecule has 1 unspecified atom stereocenters. The lowest BCUT2D eigenvalue weighted by atomic mass is 10.0. The topological polar surface area (TPSA) is 94.5 Å². The van der Waals surface area contributed by atoms with Crippen molar-refractivity contribution in [2.45, 2.75) is 12.5 Å². The van der Waals surface area contributed by atoms with Crippen LogP contribution in [0, 0.1) is 0 Å². The molecular weight excluding hydrogens is 352 g/mol. The van der Waals surface area contributed by atoms with Crippen LogP contribution in [0.2, 0.25) is 0 Å². The van der Waals surface area contributed by atoms with E-state index >= 15 is 0 Å². The summed E-state index contributed by atoms with van der Waals surface area (Å²) in [6.45, 7) is 1.58. The predicted molar refractivity (Wildman–Crippen MR) is 110 cm³/mol. The van der Waals surface area contributed by atoms with Crippen LogP contribution in [0.3, 0.4) is 0 Å².